The standard InChI is InChI=1S/C11H19NO2/c1-4-5-6-8(2)9-7-10(13)12(3)11(9)14/h8-9H,4-7H2,1-3H3. The van der Waals surface area contributed by atoms with Gasteiger partial charge in [0.15, 0.2) is 0 Å². The molecule has 1 aliphatic heterocycles. The van der Waals surface area contributed by atoms with E-state index < -0.39 is 0 Å². The molecule has 14 heavy (non-hydrogen) atoms. The van der Waals surface area contributed by atoms with Gasteiger partial charge in [0.2, 0.25) is 11.8 Å². The van der Waals surface area contributed by atoms with Crippen LogP contribution in [0.3, 0.4) is 0 Å². The number of likely N-dealkylation sites (tertiary alicyclic amines) is 1. The van der Waals surface area contributed by atoms with Crippen molar-refractivity contribution in [3.63, 3.8) is 0 Å². The van der Waals surface area contributed by atoms with Crippen molar-refractivity contribution in [2.24, 2.45) is 11.8 Å². The quantitative estimate of drug-likeness (QED) is 0.645. The third kappa shape index (κ3) is 2.14. The maximum absolute atomic E-state index is 11.6. The second kappa shape index (κ2) is 4.58. The number of rotatable bonds is 4. The van der Waals surface area contributed by atoms with Crippen LogP contribution in [-0.2, 0) is 9.59 Å². The Morgan fingerprint density at radius 2 is 2.14 bits per heavy atom. The lowest BCUT2D eigenvalue weighted by atomic mass is 9.88. The fourth-order valence-electron chi connectivity index (χ4n) is 1.96. The second-order valence-corrected chi connectivity index (χ2v) is 4.22. The van der Waals surface area contributed by atoms with Gasteiger partial charge in [0.1, 0.15) is 0 Å². The molecule has 0 aliphatic carbocycles. The van der Waals surface area contributed by atoms with Crippen molar-refractivity contribution >= 4 is 11.8 Å². The summed E-state index contributed by atoms with van der Waals surface area (Å²) in [5.41, 5.74) is 0. The Hall–Kier alpha value is -0.860. The summed E-state index contributed by atoms with van der Waals surface area (Å²) in [6.07, 6.45) is 3.76. The van der Waals surface area contributed by atoms with Crippen LogP contribution in [0.5, 0.6) is 0 Å². The number of carbonyl (C=O) groups excluding carboxylic acids is 2. The molecule has 1 heterocycles. The fourth-order valence-corrected chi connectivity index (χ4v) is 1.96. The highest BCUT2D eigenvalue weighted by Gasteiger charge is 2.38. The Labute approximate surface area is 85.5 Å². The predicted molar refractivity (Wildman–Crippen MR) is 54.6 cm³/mol. The van der Waals surface area contributed by atoms with Crippen LogP contribution in [0.1, 0.15) is 39.5 Å². The van der Waals surface area contributed by atoms with Gasteiger partial charge in [0, 0.05) is 19.4 Å². The van der Waals surface area contributed by atoms with E-state index in [9.17, 15) is 9.59 Å². The van der Waals surface area contributed by atoms with Crippen LogP contribution >= 0.6 is 0 Å². The second-order valence-electron chi connectivity index (χ2n) is 4.22. The molecule has 80 valence electrons. The molecule has 0 bridgehead atoms. The molecule has 0 aromatic heterocycles. The average Bonchev–Trinajstić information content (AvgIpc) is 2.42. The zero-order valence-electron chi connectivity index (χ0n) is 9.25. The number of hydrogen-bond donors (Lipinski definition) is 0. The van der Waals surface area contributed by atoms with Gasteiger partial charge in [0.05, 0.1) is 0 Å². The van der Waals surface area contributed by atoms with E-state index in [1.807, 2.05) is 0 Å². The van der Waals surface area contributed by atoms with Gasteiger partial charge in [-0.2, -0.15) is 0 Å². The molecule has 0 spiro atoms. The van der Waals surface area contributed by atoms with Gasteiger partial charge >= 0.3 is 0 Å². The molecule has 3 nitrogen and oxygen atoms in total. The van der Waals surface area contributed by atoms with Crippen molar-refractivity contribution in [1.82, 2.24) is 4.90 Å². The third-order valence-corrected chi connectivity index (χ3v) is 3.12. The Morgan fingerprint density at radius 1 is 1.50 bits per heavy atom. The summed E-state index contributed by atoms with van der Waals surface area (Å²) in [7, 11) is 1.58. The molecule has 0 N–H and O–H groups in total. The summed E-state index contributed by atoms with van der Waals surface area (Å²) in [5.74, 6) is 0.275. The first kappa shape index (κ1) is 11.2. The highest BCUT2D eigenvalue weighted by atomic mass is 16.2. The van der Waals surface area contributed by atoms with Gasteiger partial charge in [-0.15, -0.1) is 0 Å². The van der Waals surface area contributed by atoms with Gasteiger partial charge in [0.25, 0.3) is 0 Å². The maximum Gasteiger partial charge on any atom is 0.232 e. The van der Waals surface area contributed by atoms with Crippen molar-refractivity contribution in [3.8, 4) is 0 Å². The topological polar surface area (TPSA) is 37.4 Å². The van der Waals surface area contributed by atoms with E-state index in [0.29, 0.717) is 12.3 Å². The minimum atomic E-state index is -0.0564. The number of carbonyl (C=O) groups is 2. The summed E-state index contributed by atoms with van der Waals surface area (Å²) in [6, 6.07) is 0. The zero-order valence-corrected chi connectivity index (χ0v) is 9.25. The van der Waals surface area contributed by atoms with E-state index >= 15 is 0 Å². The third-order valence-electron chi connectivity index (χ3n) is 3.12. The molecular formula is C11H19NO2. The van der Waals surface area contributed by atoms with E-state index in [1.54, 1.807) is 7.05 Å². The van der Waals surface area contributed by atoms with Crippen LogP contribution in [-0.4, -0.2) is 23.8 Å². The number of imide groups is 1. The summed E-state index contributed by atoms with van der Waals surface area (Å²) in [5, 5.41) is 0. The molecule has 0 aromatic carbocycles. The van der Waals surface area contributed by atoms with Crippen LogP contribution in [0, 0.1) is 11.8 Å². The molecule has 1 fully saturated rings. The SMILES string of the molecule is CCCCC(C)C1CC(=O)N(C)C1=O. The minimum Gasteiger partial charge on any atom is -0.285 e. The molecule has 2 atom stereocenters. The van der Waals surface area contributed by atoms with Gasteiger partial charge in [-0.05, 0) is 12.3 Å². The molecular weight excluding hydrogens is 178 g/mol. The molecule has 3 heteroatoms. The Morgan fingerprint density at radius 3 is 2.57 bits per heavy atom. The average molecular weight is 197 g/mol. The summed E-state index contributed by atoms with van der Waals surface area (Å²) < 4.78 is 0. The van der Waals surface area contributed by atoms with E-state index in [0.717, 1.165) is 19.3 Å². The first-order chi connectivity index (χ1) is 6.57. The molecule has 2 unspecified atom stereocenters. The molecule has 1 saturated heterocycles. The number of amides is 2. The van der Waals surface area contributed by atoms with Crippen LogP contribution in [0.25, 0.3) is 0 Å². The summed E-state index contributed by atoms with van der Waals surface area (Å²) in [6.45, 7) is 4.21. The number of hydrogen-bond acceptors (Lipinski definition) is 2. The van der Waals surface area contributed by atoms with Crippen LogP contribution in [0.2, 0.25) is 0 Å². The number of nitrogens with zero attached hydrogens (tertiary/aromatic N) is 1. The van der Waals surface area contributed by atoms with Crippen LogP contribution in [0.15, 0.2) is 0 Å². The van der Waals surface area contributed by atoms with Crippen LogP contribution < -0.4 is 0 Å². The number of unbranched alkanes of at least 4 members (excludes halogenated alkanes) is 1. The molecule has 0 radical (unpaired) electrons. The Kier molecular flexibility index (Phi) is 3.67. The van der Waals surface area contributed by atoms with Crippen molar-refractivity contribution in [3.05, 3.63) is 0 Å². The predicted octanol–water partition coefficient (Wildman–Crippen LogP) is 1.82. The normalized spacial score (nSPS) is 24.5. The summed E-state index contributed by atoms with van der Waals surface area (Å²) >= 11 is 0. The van der Waals surface area contributed by atoms with E-state index in [-0.39, 0.29) is 17.7 Å². The van der Waals surface area contributed by atoms with Crippen molar-refractivity contribution < 1.29 is 9.59 Å². The molecule has 1 rings (SSSR count). The summed E-state index contributed by atoms with van der Waals surface area (Å²) in [4.78, 5) is 24.2. The lowest BCUT2D eigenvalue weighted by Crippen LogP contribution is -2.27. The molecule has 1 aliphatic rings. The monoisotopic (exact) mass is 197 g/mol. The lowest BCUT2D eigenvalue weighted by Gasteiger charge is -2.16. The first-order valence-electron chi connectivity index (χ1n) is 5.38. The smallest absolute Gasteiger partial charge is 0.232 e. The Bertz CT molecular complexity index is 237. The van der Waals surface area contributed by atoms with Crippen molar-refractivity contribution in [2.75, 3.05) is 7.05 Å². The highest BCUT2D eigenvalue weighted by molar-refractivity contribution is 6.03. The van der Waals surface area contributed by atoms with Gasteiger partial charge in [-0.3, -0.25) is 14.5 Å². The van der Waals surface area contributed by atoms with Crippen molar-refractivity contribution in [2.45, 2.75) is 39.5 Å². The van der Waals surface area contributed by atoms with E-state index in [4.69, 9.17) is 0 Å². The van der Waals surface area contributed by atoms with Gasteiger partial charge in [-0.25, -0.2) is 0 Å². The highest BCUT2D eigenvalue weighted by Crippen LogP contribution is 2.28. The largest absolute Gasteiger partial charge is 0.285 e. The molecule has 0 saturated carbocycles. The maximum atomic E-state index is 11.6. The van der Waals surface area contributed by atoms with E-state index in [1.165, 1.54) is 4.90 Å². The van der Waals surface area contributed by atoms with E-state index in [2.05, 4.69) is 13.8 Å². The zero-order chi connectivity index (χ0) is 10.7. The van der Waals surface area contributed by atoms with Crippen LogP contribution in [0.4, 0.5) is 0 Å². The fraction of sp³-hybridized carbons (Fsp3) is 0.818. The van der Waals surface area contributed by atoms with Crippen molar-refractivity contribution in [1.29, 1.82) is 0 Å². The molecule has 2 amide bonds. The van der Waals surface area contributed by atoms with Gasteiger partial charge in [-0.1, -0.05) is 26.7 Å². The lowest BCUT2D eigenvalue weighted by molar-refractivity contribution is -0.138. The Balaban J connectivity index is 2.53. The molecule has 0 aromatic rings. The minimum absolute atomic E-state index is 0.0126. The first-order valence-corrected chi connectivity index (χ1v) is 5.38. The van der Waals surface area contributed by atoms with Gasteiger partial charge < -0.3 is 0 Å².